The van der Waals surface area contributed by atoms with Gasteiger partial charge in [0.05, 0.1) is 11.4 Å². The van der Waals surface area contributed by atoms with E-state index in [1.807, 2.05) is 78.3 Å². The Labute approximate surface area is 133 Å². The lowest BCUT2D eigenvalue weighted by Gasteiger charge is -2.09. The molecule has 4 nitrogen and oxygen atoms in total. The molecule has 0 aliphatic heterocycles. The SMILES string of the molecule is Cc1cn2cccc(NC(=O)c3cccc4ccccc34)c2n1. The molecule has 1 N–H and O–H groups in total. The number of fused-ring (bicyclic) bond motifs is 2. The van der Waals surface area contributed by atoms with E-state index in [4.69, 9.17) is 0 Å². The molecule has 1 amide bonds. The quantitative estimate of drug-likeness (QED) is 0.607. The first-order valence-corrected chi connectivity index (χ1v) is 7.46. The van der Waals surface area contributed by atoms with Gasteiger partial charge in [0.1, 0.15) is 0 Å². The van der Waals surface area contributed by atoms with Crippen LogP contribution in [0.3, 0.4) is 0 Å². The van der Waals surface area contributed by atoms with Crippen molar-refractivity contribution in [2.24, 2.45) is 0 Å². The summed E-state index contributed by atoms with van der Waals surface area (Å²) in [6, 6.07) is 17.4. The Morgan fingerprint density at radius 2 is 1.87 bits per heavy atom. The maximum Gasteiger partial charge on any atom is 0.256 e. The fourth-order valence-electron chi connectivity index (χ4n) is 2.85. The summed E-state index contributed by atoms with van der Waals surface area (Å²) >= 11 is 0. The molecule has 4 rings (SSSR count). The molecule has 0 bridgehead atoms. The van der Waals surface area contributed by atoms with Crippen LogP contribution in [-0.4, -0.2) is 15.3 Å². The molecule has 0 saturated heterocycles. The number of anilines is 1. The van der Waals surface area contributed by atoms with E-state index in [2.05, 4.69) is 10.3 Å². The number of nitrogens with one attached hydrogen (secondary N) is 1. The summed E-state index contributed by atoms with van der Waals surface area (Å²) in [5.74, 6) is -0.129. The van der Waals surface area contributed by atoms with Gasteiger partial charge in [0, 0.05) is 18.0 Å². The molecule has 112 valence electrons. The minimum atomic E-state index is -0.129. The van der Waals surface area contributed by atoms with E-state index in [0.29, 0.717) is 11.3 Å². The number of amides is 1. The van der Waals surface area contributed by atoms with Gasteiger partial charge in [-0.15, -0.1) is 0 Å². The smallest absolute Gasteiger partial charge is 0.256 e. The van der Waals surface area contributed by atoms with Gasteiger partial charge in [-0.1, -0.05) is 36.4 Å². The predicted molar refractivity (Wildman–Crippen MR) is 91.8 cm³/mol. The van der Waals surface area contributed by atoms with Crippen LogP contribution in [0.25, 0.3) is 16.4 Å². The third-order valence-corrected chi connectivity index (χ3v) is 3.89. The number of hydrogen-bond acceptors (Lipinski definition) is 2. The van der Waals surface area contributed by atoms with E-state index >= 15 is 0 Å². The molecule has 0 spiro atoms. The Morgan fingerprint density at radius 3 is 2.78 bits per heavy atom. The second-order valence-electron chi connectivity index (χ2n) is 5.52. The molecule has 0 atom stereocenters. The van der Waals surface area contributed by atoms with E-state index in [9.17, 15) is 4.79 Å². The lowest BCUT2D eigenvalue weighted by Crippen LogP contribution is -2.13. The van der Waals surface area contributed by atoms with Crippen LogP contribution in [-0.2, 0) is 0 Å². The minimum Gasteiger partial charge on any atom is -0.319 e. The highest BCUT2D eigenvalue weighted by Crippen LogP contribution is 2.21. The van der Waals surface area contributed by atoms with Crippen molar-refractivity contribution in [3.05, 3.63) is 78.2 Å². The molecule has 2 aromatic heterocycles. The average molecular weight is 301 g/mol. The summed E-state index contributed by atoms with van der Waals surface area (Å²) < 4.78 is 1.91. The molecule has 0 radical (unpaired) electrons. The maximum atomic E-state index is 12.7. The number of aryl methyl sites for hydroxylation is 1. The largest absolute Gasteiger partial charge is 0.319 e. The second-order valence-corrected chi connectivity index (χ2v) is 5.52. The van der Waals surface area contributed by atoms with Crippen LogP contribution < -0.4 is 5.32 Å². The zero-order valence-electron chi connectivity index (χ0n) is 12.7. The first-order chi connectivity index (χ1) is 11.2. The Hall–Kier alpha value is -3.14. The lowest BCUT2D eigenvalue weighted by atomic mass is 10.0. The number of aromatic nitrogens is 2. The van der Waals surface area contributed by atoms with Gasteiger partial charge in [-0.25, -0.2) is 4.98 Å². The van der Waals surface area contributed by atoms with E-state index in [0.717, 1.165) is 22.1 Å². The van der Waals surface area contributed by atoms with Crippen molar-refractivity contribution in [2.75, 3.05) is 5.32 Å². The number of imidazole rings is 1. The first-order valence-electron chi connectivity index (χ1n) is 7.46. The van der Waals surface area contributed by atoms with E-state index in [1.165, 1.54) is 0 Å². The van der Waals surface area contributed by atoms with Gasteiger partial charge in [0.25, 0.3) is 5.91 Å². The topological polar surface area (TPSA) is 46.4 Å². The summed E-state index contributed by atoms with van der Waals surface area (Å²) in [6.07, 6.45) is 3.85. The van der Waals surface area contributed by atoms with Gasteiger partial charge in [0.15, 0.2) is 5.65 Å². The Morgan fingerprint density at radius 1 is 1.04 bits per heavy atom. The van der Waals surface area contributed by atoms with E-state index < -0.39 is 0 Å². The second kappa shape index (κ2) is 5.25. The van der Waals surface area contributed by atoms with Crippen molar-refractivity contribution in [1.82, 2.24) is 9.38 Å². The monoisotopic (exact) mass is 301 g/mol. The van der Waals surface area contributed by atoms with Crippen molar-refractivity contribution in [3.63, 3.8) is 0 Å². The lowest BCUT2D eigenvalue weighted by molar-refractivity contribution is 0.102. The highest BCUT2D eigenvalue weighted by molar-refractivity contribution is 6.13. The average Bonchev–Trinajstić information content (AvgIpc) is 2.95. The van der Waals surface area contributed by atoms with Gasteiger partial charge in [0.2, 0.25) is 0 Å². The number of nitrogens with zero attached hydrogens (tertiary/aromatic N) is 2. The van der Waals surface area contributed by atoms with E-state index in [1.54, 1.807) is 0 Å². The standard InChI is InChI=1S/C19H15N3O/c1-13-12-22-11-5-10-17(18(22)20-13)21-19(23)16-9-4-7-14-6-2-3-8-15(14)16/h2-12H,1H3,(H,21,23). The van der Waals surface area contributed by atoms with Crippen molar-refractivity contribution < 1.29 is 4.79 Å². The summed E-state index contributed by atoms with van der Waals surface area (Å²) in [6.45, 7) is 1.93. The number of carbonyl (C=O) groups is 1. The van der Waals surface area contributed by atoms with E-state index in [-0.39, 0.29) is 5.91 Å². The van der Waals surface area contributed by atoms with Crippen molar-refractivity contribution in [1.29, 1.82) is 0 Å². The number of pyridine rings is 1. The number of carbonyl (C=O) groups excluding carboxylic acids is 1. The van der Waals surface area contributed by atoms with Gasteiger partial charge < -0.3 is 9.72 Å². The maximum absolute atomic E-state index is 12.7. The zero-order valence-corrected chi connectivity index (χ0v) is 12.7. The predicted octanol–water partition coefficient (Wildman–Crippen LogP) is 4.05. The molecule has 2 heterocycles. The third-order valence-electron chi connectivity index (χ3n) is 3.89. The Bertz CT molecular complexity index is 1030. The van der Waals surface area contributed by atoms with Crippen LogP contribution in [0.5, 0.6) is 0 Å². The summed E-state index contributed by atoms with van der Waals surface area (Å²) in [5, 5.41) is 4.98. The van der Waals surface area contributed by atoms with Gasteiger partial charge in [-0.3, -0.25) is 4.79 Å². The molecular weight excluding hydrogens is 286 g/mol. The van der Waals surface area contributed by atoms with Crippen molar-refractivity contribution in [2.45, 2.75) is 6.92 Å². The number of rotatable bonds is 2. The molecule has 0 aliphatic carbocycles. The van der Waals surface area contributed by atoms with Crippen molar-refractivity contribution in [3.8, 4) is 0 Å². The molecular formula is C19H15N3O. The molecule has 0 aliphatic rings. The van der Waals surface area contributed by atoms with Crippen LogP contribution in [0.4, 0.5) is 5.69 Å². The van der Waals surface area contributed by atoms with Gasteiger partial charge >= 0.3 is 0 Å². The minimum absolute atomic E-state index is 0.129. The molecule has 4 aromatic rings. The highest BCUT2D eigenvalue weighted by atomic mass is 16.1. The van der Waals surface area contributed by atoms with Gasteiger partial charge in [-0.2, -0.15) is 0 Å². The molecule has 23 heavy (non-hydrogen) atoms. The third kappa shape index (κ3) is 2.34. The fraction of sp³-hybridized carbons (Fsp3) is 0.0526. The first kappa shape index (κ1) is 13.5. The zero-order chi connectivity index (χ0) is 15.8. The molecule has 0 saturated carbocycles. The van der Waals surface area contributed by atoms with Crippen LogP contribution in [0.2, 0.25) is 0 Å². The summed E-state index contributed by atoms with van der Waals surface area (Å²) in [4.78, 5) is 17.2. The number of hydrogen-bond donors (Lipinski definition) is 1. The van der Waals surface area contributed by atoms with Crippen molar-refractivity contribution >= 4 is 28.0 Å². The Kier molecular flexibility index (Phi) is 3.08. The summed E-state index contributed by atoms with van der Waals surface area (Å²) in [5.41, 5.74) is 3.03. The number of benzene rings is 2. The normalized spacial score (nSPS) is 11.0. The molecule has 2 aromatic carbocycles. The molecule has 0 fully saturated rings. The molecule has 0 unspecified atom stereocenters. The van der Waals surface area contributed by atoms with Crippen LogP contribution in [0.15, 0.2) is 67.0 Å². The summed E-state index contributed by atoms with van der Waals surface area (Å²) in [7, 11) is 0. The fourth-order valence-corrected chi connectivity index (χ4v) is 2.85. The molecule has 4 heteroatoms. The Balaban J connectivity index is 1.77. The van der Waals surface area contributed by atoms with Crippen LogP contribution in [0.1, 0.15) is 16.1 Å². The van der Waals surface area contributed by atoms with Crippen LogP contribution >= 0.6 is 0 Å². The van der Waals surface area contributed by atoms with Crippen LogP contribution in [0, 0.1) is 6.92 Å². The van der Waals surface area contributed by atoms with Gasteiger partial charge in [-0.05, 0) is 35.9 Å². The highest BCUT2D eigenvalue weighted by Gasteiger charge is 2.12.